The second-order valence-electron chi connectivity index (χ2n) is 7.69. The Hall–Kier alpha value is -3.95. The van der Waals surface area contributed by atoms with E-state index in [0.29, 0.717) is 5.56 Å². The van der Waals surface area contributed by atoms with Gasteiger partial charge in [-0.3, -0.25) is 14.9 Å². The zero-order chi connectivity index (χ0) is 24.4. The minimum Gasteiger partial charge on any atom is -0.459 e. The van der Waals surface area contributed by atoms with Gasteiger partial charge in [0.05, 0.1) is 4.92 Å². The molecule has 2 aromatic carbocycles. The lowest BCUT2D eigenvalue weighted by atomic mass is 10.0. The topological polar surface area (TPSA) is 137 Å². The van der Waals surface area contributed by atoms with E-state index in [4.69, 9.17) is 9.47 Å². The number of benzene rings is 2. The summed E-state index contributed by atoms with van der Waals surface area (Å²) in [4.78, 5) is 47.2. The van der Waals surface area contributed by atoms with Gasteiger partial charge in [-0.1, -0.05) is 44.2 Å². The number of amides is 2. The van der Waals surface area contributed by atoms with Gasteiger partial charge in [-0.2, -0.15) is 0 Å². The van der Waals surface area contributed by atoms with E-state index in [0.717, 1.165) is 5.56 Å². The average molecular weight is 457 g/mol. The lowest BCUT2D eigenvalue weighted by Gasteiger charge is -2.23. The Balaban J connectivity index is 1.83. The molecular formula is C23H27N3O7. The largest absolute Gasteiger partial charge is 0.459 e. The third-order valence-corrected chi connectivity index (χ3v) is 4.68. The van der Waals surface area contributed by atoms with Crippen LogP contribution in [0.3, 0.4) is 0 Å². The van der Waals surface area contributed by atoms with Gasteiger partial charge in [0, 0.05) is 12.1 Å². The summed E-state index contributed by atoms with van der Waals surface area (Å²) in [5, 5.41) is 15.7. The standard InChI is InChI=1S/C23H27N3O7/c1-15(2)20(25-23(29)33-14-17-7-5-4-6-8-17)21(27)24-16(3)22(28)32-13-18-9-11-19(12-10-18)26(30)31/h4-12,15-16,20H,13-14H2,1-3H3,(H,24,27)(H,25,29)/t16-,20-/m0/s1. The fourth-order valence-electron chi connectivity index (χ4n) is 2.78. The van der Waals surface area contributed by atoms with E-state index in [2.05, 4.69) is 10.6 Å². The van der Waals surface area contributed by atoms with Gasteiger partial charge in [0.25, 0.3) is 5.69 Å². The number of nitro benzene ring substituents is 1. The summed E-state index contributed by atoms with van der Waals surface area (Å²) >= 11 is 0. The van der Waals surface area contributed by atoms with Gasteiger partial charge < -0.3 is 20.1 Å². The molecule has 10 heteroatoms. The molecule has 2 N–H and O–H groups in total. The molecule has 0 unspecified atom stereocenters. The number of hydrogen-bond acceptors (Lipinski definition) is 7. The molecule has 176 valence electrons. The molecule has 0 aromatic heterocycles. The molecule has 10 nitrogen and oxygen atoms in total. The monoisotopic (exact) mass is 457 g/mol. The molecule has 0 aliphatic heterocycles. The lowest BCUT2D eigenvalue weighted by molar-refractivity contribution is -0.384. The van der Waals surface area contributed by atoms with Gasteiger partial charge in [-0.25, -0.2) is 9.59 Å². The van der Waals surface area contributed by atoms with Gasteiger partial charge in [0.15, 0.2) is 0 Å². The molecule has 2 amide bonds. The first-order chi connectivity index (χ1) is 15.7. The average Bonchev–Trinajstić information content (AvgIpc) is 2.80. The van der Waals surface area contributed by atoms with Gasteiger partial charge in [0.2, 0.25) is 5.91 Å². The van der Waals surface area contributed by atoms with E-state index in [1.54, 1.807) is 13.8 Å². The second-order valence-corrected chi connectivity index (χ2v) is 7.69. The molecule has 0 aliphatic rings. The summed E-state index contributed by atoms with van der Waals surface area (Å²) < 4.78 is 10.3. The number of nitro groups is 1. The van der Waals surface area contributed by atoms with Crippen LogP contribution in [0.1, 0.15) is 31.9 Å². The molecule has 0 fully saturated rings. The van der Waals surface area contributed by atoms with Crippen LogP contribution in [0, 0.1) is 16.0 Å². The molecule has 2 atom stereocenters. The van der Waals surface area contributed by atoms with E-state index >= 15 is 0 Å². The van der Waals surface area contributed by atoms with E-state index in [-0.39, 0.29) is 24.8 Å². The first-order valence-electron chi connectivity index (χ1n) is 10.3. The van der Waals surface area contributed by atoms with Crippen molar-refractivity contribution >= 4 is 23.7 Å². The Kier molecular flexibility index (Phi) is 9.34. The van der Waals surface area contributed by atoms with Gasteiger partial charge in [0.1, 0.15) is 25.3 Å². The molecule has 0 saturated carbocycles. The maximum Gasteiger partial charge on any atom is 0.408 e. The minimum atomic E-state index is -0.973. The zero-order valence-corrected chi connectivity index (χ0v) is 18.6. The third-order valence-electron chi connectivity index (χ3n) is 4.68. The van der Waals surface area contributed by atoms with Crippen LogP contribution >= 0.6 is 0 Å². The number of esters is 1. The Morgan fingerprint density at radius 2 is 1.45 bits per heavy atom. The van der Waals surface area contributed by atoms with Crippen molar-refractivity contribution < 1.29 is 28.8 Å². The van der Waals surface area contributed by atoms with Crippen LogP contribution in [0.2, 0.25) is 0 Å². The smallest absolute Gasteiger partial charge is 0.408 e. The molecule has 33 heavy (non-hydrogen) atoms. The molecule has 0 aliphatic carbocycles. The highest BCUT2D eigenvalue weighted by Gasteiger charge is 2.28. The van der Waals surface area contributed by atoms with Crippen LogP contribution in [0.4, 0.5) is 10.5 Å². The summed E-state index contributed by atoms with van der Waals surface area (Å²) in [5.74, 6) is -1.50. The second kappa shape index (κ2) is 12.2. The Morgan fingerprint density at radius 1 is 0.879 bits per heavy atom. The zero-order valence-electron chi connectivity index (χ0n) is 18.6. The molecule has 0 bridgehead atoms. The highest BCUT2D eigenvalue weighted by atomic mass is 16.6. The highest BCUT2D eigenvalue weighted by molar-refractivity contribution is 5.89. The van der Waals surface area contributed by atoms with Crippen LogP contribution in [0.15, 0.2) is 54.6 Å². The normalized spacial score (nSPS) is 12.4. The van der Waals surface area contributed by atoms with Crippen LogP contribution in [-0.4, -0.2) is 35.0 Å². The van der Waals surface area contributed by atoms with Crippen LogP contribution in [-0.2, 0) is 32.3 Å². The van der Waals surface area contributed by atoms with E-state index < -0.39 is 35.0 Å². The number of nitrogens with one attached hydrogen (secondary N) is 2. The highest BCUT2D eigenvalue weighted by Crippen LogP contribution is 2.13. The molecule has 2 aromatic rings. The van der Waals surface area contributed by atoms with Crippen LogP contribution in [0.25, 0.3) is 0 Å². The number of non-ortho nitro benzene ring substituents is 1. The molecule has 0 spiro atoms. The van der Waals surface area contributed by atoms with Crippen molar-refractivity contribution in [3.8, 4) is 0 Å². The fourth-order valence-corrected chi connectivity index (χ4v) is 2.78. The number of carbonyl (C=O) groups is 3. The first-order valence-corrected chi connectivity index (χ1v) is 10.3. The number of carbonyl (C=O) groups excluding carboxylic acids is 3. The summed E-state index contributed by atoms with van der Waals surface area (Å²) in [6.45, 7) is 4.92. The van der Waals surface area contributed by atoms with Crippen molar-refractivity contribution in [1.29, 1.82) is 0 Å². The molecule has 0 saturated heterocycles. The summed E-state index contributed by atoms with van der Waals surface area (Å²) in [6, 6.07) is 12.8. The van der Waals surface area contributed by atoms with Crippen molar-refractivity contribution in [3.63, 3.8) is 0 Å². The summed E-state index contributed by atoms with van der Waals surface area (Å²) in [5.41, 5.74) is 1.30. The molecule has 0 radical (unpaired) electrons. The number of alkyl carbamates (subject to hydrolysis) is 1. The van der Waals surface area contributed by atoms with Gasteiger partial charge in [-0.05, 0) is 36.1 Å². The SMILES string of the molecule is CC(C)[C@H](NC(=O)OCc1ccccc1)C(=O)N[C@@H](C)C(=O)OCc1ccc([N+](=O)[O-])cc1. The van der Waals surface area contributed by atoms with Crippen LogP contribution in [0.5, 0.6) is 0 Å². The predicted octanol–water partition coefficient (Wildman–Crippen LogP) is 3.09. The Labute approximate surface area is 191 Å². The molecule has 0 heterocycles. The van der Waals surface area contributed by atoms with Crippen molar-refractivity contribution in [1.82, 2.24) is 10.6 Å². The molecule has 2 rings (SSSR count). The molecular weight excluding hydrogens is 430 g/mol. The van der Waals surface area contributed by atoms with E-state index in [1.807, 2.05) is 30.3 Å². The predicted molar refractivity (Wildman–Crippen MR) is 119 cm³/mol. The lowest BCUT2D eigenvalue weighted by Crippen LogP contribution is -2.53. The number of hydrogen-bond donors (Lipinski definition) is 2. The summed E-state index contributed by atoms with van der Waals surface area (Å²) in [6.07, 6.45) is -0.749. The van der Waals surface area contributed by atoms with Crippen LogP contribution < -0.4 is 10.6 Å². The third kappa shape index (κ3) is 8.24. The Bertz CT molecular complexity index is 962. The Morgan fingerprint density at radius 3 is 2.03 bits per heavy atom. The maximum atomic E-state index is 12.6. The quantitative estimate of drug-likeness (QED) is 0.318. The maximum absolute atomic E-state index is 12.6. The van der Waals surface area contributed by atoms with E-state index in [1.165, 1.54) is 31.2 Å². The van der Waals surface area contributed by atoms with Crippen molar-refractivity contribution in [2.24, 2.45) is 5.92 Å². The van der Waals surface area contributed by atoms with E-state index in [9.17, 15) is 24.5 Å². The fraction of sp³-hybridized carbons (Fsp3) is 0.348. The number of nitrogens with zero attached hydrogens (tertiary/aromatic N) is 1. The van der Waals surface area contributed by atoms with Crippen molar-refractivity contribution in [2.45, 2.75) is 46.1 Å². The van der Waals surface area contributed by atoms with Gasteiger partial charge >= 0.3 is 12.1 Å². The minimum absolute atomic E-state index is 0.0600. The first kappa shape index (κ1) is 25.3. The summed E-state index contributed by atoms with van der Waals surface area (Å²) in [7, 11) is 0. The van der Waals surface area contributed by atoms with Crippen molar-refractivity contribution in [3.05, 3.63) is 75.8 Å². The number of rotatable bonds is 10. The van der Waals surface area contributed by atoms with Crippen molar-refractivity contribution in [2.75, 3.05) is 0 Å². The van der Waals surface area contributed by atoms with Gasteiger partial charge in [-0.15, -0.1) is 0 Å². The number of ether oxygens (including phenoxy) is 2.